The first-order valence-corrected chi connectivity index (χ1v) is 13.0. The Morgan fingerprint density at radius 1 is 1.03 bits per heavy atom. The SMILES string of the molecule is CCc1cccc(CNC[C@@H](O)[C@H](Cc2cc(F)cc(F)c2)NC(=O)c2ccc(SC)cc2OC)c1. The van der Waals surface area contributed by atoms with Crippen LogP contribution < -0.4 is 15.4 Å². The highest BCUT2D eigenvalue weighted by Crippen LogP contribution is 2.25. The van der Waals surface area contributed by atoms with Crippen LogP contribution in [-0.4, -0.2) is 43.1 Å². The van der Waals surface area contributed by atoms with E-state index in [-0.39, 0.29) is 13.0 Å². The molecule has 0 aliphatic heterocycles. The van der Waals surface area contributed by atoms with Crippen LogP contribution >= 0.6 is 11.8 Å². The molecule has 3 rings (SSSR count). The molecule has 3 N–H and O–H groups in total. The number of aliphatic hydroxyl groups is 1. The van der Waals surface area contributed by atoms with Crippen molar-refractivity contribution in [3.05, 3.63) is 94.6 Å². The molecule has 0 saturated carbocycles. The molecule has 3 aromatic rings. The van der Waals surface area contributed by atoms with Gasteiger partial charge in [0.05, 0.1) is 24.8 Å². The highest BCUT2D eigenvalue weighted by molar-refractivity contribution is 7.98. The van der Waals surface area contributed by atoms with E-state index in [1.807, 2.05) is 24.5 Å². The molecule has 8 heteroatoms. The summed E-state index contributed by atoms with van der Waals surface area (Å²) in [5, 5.41) is 17.0. The highest BCUT2D eigenvalue weighted by atomic mass is 32.2. The van der Waals surface area contributed by atoms with Gasteiger partial charge >= 0.3 is 0 Å². The summed E-state index contributed by atoms with van der Waals surface area (Å²) in [4.78, 5) is 14.1. The van der Waals surface area contributed by atoms with E-state index in [1.54, 1.807) is 12.1 Å². The summed E-state index contributed by atoms with van der Waals surface area (Å²) in [6, 6.07) is 15.8. The van der Waals surface area contributed by atoms with E-state index in [0.29, 0.717) is 23.4 Å². The number of thioether (sulfide) groups is 1. The molecular weight excluding hydrogens is 482 g/mol. The number of hydrogen-bond acceptors (Lipinski definition) is 5. The fourth-order valence-corrected chi connectivity index (χ4v) is 4.39. The van der Waals surface area contributed by atoms with Crippen molar-refractivity contribution in [2.75, 3.05) is 19.9 Å². The Balaban J connectivity index is 1.76. The van der Waals surface area contributed by atoms with Crippen LogP contribution in [0.25, 0.3) is 0 Å². The molecule has 0 aromatic heterocycles. The number of aryl methyl sites for hydroxylation is 1. The molecule has 0 fully saturated rings. The second-order valence-corrected chi connectivity index (χ2v) is 9.38. The third-order valence-corrected chi connectivity index (χ3v) is 6.62. The standard InChI is InChI=1S/C28H32F2N2O3S/c1-4-18-6-5-7-19(10-18)16-31-17-26(33)25(13-20-11-21(29)14-22(30)12-20)32-28(34)24-9-8-23(36-3)15-27(24)35-2/h5-12,14-15,25-26,31,33H,4,13,16-17H2,1-3H3,(H,32,34)/t25-,26+/m0/s1. The normalized spacial score (nSPS) is 12.7. The van der Waals surface area contributed by atoms with Gasteiger partial charge in [-0.25, -0.2) is 8.78 Å². The zero-order chi connectivity index (χ0) is 26.1. The van der Waals surface area contributed by atoms with Crippen LogP contribution in [0.5, 0.6) is 5.75 Å². The summed E-state index contributed by atoms with van der Waals surface area (Å²) in [6.07, 6.45) is 1.87. The number of rotatable bonds is 12. The minimum Gasteiger partial charge on any atom is -0.496 e. The second kappa shape index (κ2) is 13.4. The molecular formula is C28H32F2N2O3S. The fourth-order valence-electron chi connectivity index (χ4n) is 3.96. The Kier molecular flexibility index (Phi) is 10.3. The van der Waals surface area contributed by atoms with E-state index in [0.717, 1.165) is 22.9 Å². The monoisotopic (exact) mass is 514 g/mol. The molecule has 0 saturated heterocycles. The number of benzene rings is 3. The zero-order valence-corrected chi connectivity index (χ0v) is 21.5. The van der Waals surface area contributed by atoms with E-state index in [4.69, 9.17) is 4.74 Å². The number of ether oxygens (including phenoxy) is 1. The first kappa shape index (κ1) is 27.6. The average Bonchev–Trinajstić information content (AvgIpc) is 2.87. The van der Waals surface area contributed by atoms with Gasteiger partial charge in [-0.15, -0.1) is 11.8 Å². The molecule has 5 nitrogen and oxygen atoms in total. The first-order valence-electron chi connectivity index (χ1n) is 11.8. The number of nitrogens with one attached hydrogen (secondary N) is 2. The lowest BCUT2D eigenvalue weighted by Crippen LogP contribution is -2.48. The van der Waals surface area contributed by atoms with Gasteiger partial charge in [-0.2, -0.15) is 0 Å². The Morgan fingerprint density at radius 3 is 2.42 bits per heavy atom. The van der Waals surface area contributed by atoms with Gasteiger partial charge < -0.3 is 20.5 Å². The molecule has 0 bridgehead atoms. The lowest BCUT2D eigenvalue weighted by atomic mass is 10.00. The minimum atomic E-state index is -1.02. The number of methoxy groups -OCH3 is 1. The predicted molar refractivity (Wildman–Crippen MR) is 140 cm³/mol. The molecule has 0 radical (unpaired) electrons. The minimum absolute atomic E-state index is 0.0415. The molecule has 192 valence electrons. The maximum absolute atomic E-state index is 13.8. The second-order valence-electron chi connectivity index (χ2n) is 8.50. The lowest BCUT2D eigenvalue weighted by Gasteiger charge is -2.25. The molecule has 1 amide bonds. The van der Waals surface area contributed by atoms with Crippen molar-refractivity contribution in [2.45, 2.75) is 43.4 Å². The van der Waals surface area contributed by atoms with E-state index < -0.39 is 29.7 Å². The third kappa shape index (κ3) is 7.78. The number of amides is 1. The van der Waals surface area contributed by atoms with Crippen molar-refractivity contribution in [3.63, 3.8) is 0 Å². The van der Waals surface area contributed by atoms with Gasteiger partial charge in [0.1, 0.15) is 17.4 Å². The number of carbonyl (C=O) groups excluding carboxylic acids is 1. The van der Waals surface area contributed by atoms with Crippen molar-refractivity contribution < 1.29 is 23.4 Å². The molecule has 0 heterocycles. The molecule has 0 aliphatic rings. The predicted octanol–water partition coefficient (Wildman–Crippen LogP) is 4.75. The average molecular weight is 515 g/mol. The van der Waals surface area contributed by atoms with Crippen LogP contribution in [0.3, 0.4) is 0 Å². The number of hydrogen-bond donors (Lipinski definition) is 3. The van der Waals surface area contributed by atoms with Gasteiger partial charge in [-0.3, -0.25) is 4.79 Å². The van der Waals surface area contributed by atoms with Crippen LogP contribution in [0.15, 0.2) is 65.6 Å². The summed E-state index contributed by atoms with van der Waals surface area (Å²) in [5.74, 6) is -1.48. The van der Waals surface area contributed by atoms with Gasteiger partial charge in [0.2, 0.25) is 0 Å². The van der Waals surface area contributed by atoms with Crippen LogP contribution in [0.1, 0.15) is 34.0 Å². The third-order valence-electron chi connectivity index (χ3n) is 5.89. The van der Waals surface area contributed by atoms with Crippen LogP contribution in [-0.2, 0) is 19.4 Å². The molecule has 36 heavy (non-hydrogen) atoms. The number of halogens is 2. The van der Waals surface area contributed by atoms with Crippen LogP contribution in [0.2, 0.25) is 0 Å². The van der Waals surface area contributed by atoms with Crippen LogP contribution in [0.4, 0.5) is 8.78 Å². The summed E-state index contributed by atoms with van der Waals surface area (Å²) < 4.78 is 33.0. The lowest BCUT2D eigenvalue weighted by molar-refractivity contribution is 0.0827. The van der Waals surface area contributed by atoms with E-state index >= 15 is 0 Å². The summed E-state index contributed by atoms with van der Waals surface area (Å²) in [5.41, 5.74) is 2.93. The zero-order valence-electron chi connectivity index (χ0n) is 20.7. The molecule has 3 aromatic carbocycles. The van der Waals surface area contributed by atoms with Crippen molar-refractivity contribution in [1.29, 1.82) is 0 Å². The Labute approximate surface area is 215 Å². The quantitative estimate of drug-likeness (QED) is 0.305. The molecule has 0 spiro atoms. The van der Waals surface area contributed by atoms with Crippen LogP contribution in [0, 0.1) is 11.6 Å². The van der Waals surface area contributed by atoms with Crippen molar-refractivity contribution >= 4 is 17.7 Å². The summed E-state index contributed by atoms with van der Waals surface area (Å²) in [7, 11) is 1.48. The summed E-state index contributed by atoms with van der Waals surface area (Å²) >= 11 is 1.52. The molecule has 2 atom stereocenters. The largest absolute Gasteiger partial charge is 0.496 e. The highest BCUT2D eigenvalue weighted by Gasteiger charge is 2.24. The van der Waals surface area contributed by atoms with Crippen molar-refractivity contribution in [2.24, 2.45) is 0 Å². The first-order chi connectivity index (χ1) is 17.3. The smallest absolute Gasteiger partial charge is 0.255 e. The Bertz CT molecular complexity index is 1160. The topological polar surface area (TPSA) is 70.6 Å². The van der Waals surface area contributed by atoms with E-state index in [2.05, 4.69) is 29.7 Å². The Hall–Kier alpha value is -2.94. The fraction of sp³-hybridized carbons (Fsp3) is 0.321. The molecule has 0 aliphatic carbocycles. The van der Waals surface area contributed by atoms with Gasteiger partial charge in [0.25, 0.3) is 5.91 Å². The number of aliphatic hydroxyl groups excluding tert-OH is 1. The molecule has 0 unspecified atom stereocenters. The maximum atomic E-state index is 13.8. The van der Waals surface area contributed by atoms with Gasteiger partial charge in [0, 0.05) is 24.1 Å². The summed E-state index contributed by atoms with van der Waals surface area (Å²) in [6.45, 7) is 2.79. The number of carbonyl (C=O) groups is 1. The van der Waals surface area contributed by atoms with Gasteiger partial charge in [0.15, 0.2) is 0 Å². The van der Waals surface area contributed by atoms with Gasteiger partial charge in [-0.05, 0) is 66.1 Å². The Morgan fingerprint density at radius 2 is 1.75 bits per heavy atom. The van der Waals surface area contributed by atoms with Crippen molar-refractivity contribution in [3.8, 4) is 5.75 Å². The van der Waals surface area contributed by atoms with Gasteiger partial charge in [-0.1, -0.05) is 31.2 Å². The maximum Gasteiger partial charge on any atom is 0.255 e. The van der Waals surface area contributed by atoms with E-state index in [9.17, 15) is 18.7 Å². The van der Waals surface area contributed by atoms with Crippen molar-refractivity contribution in [1.82, 2.24) is 10.6 Å². The van der Waals surface area contributed by atoms with E-state index in [1.165, 1.54) is 36.6 Å².